The third kappa shape index (κ3) is 2.54. The Bertz CT molecular complexity index is 1250. The number of aromatic nitrogens is 5. The van der Waals surface area contributed by atoms with Crippen LogP contribution in [-0.4, -0.2) is 24.1 Å². The first-order valence-corrected chi connectivity index (χ1v) is 9.34. The Labute approximate surface area is 157 Å². The summed E-state index contributed by atoms with van der Waals surface area (Å²) in [6.07, 6.45) is 4.19. The molecule has 4 aromatic heterocycles. The van der Waals surface area contributed by atoms with Crippen molar-refractivity contribution in [3.05, 3.63) is 64.6 Å². The van der Waals surface area contributed by atoms with Crippen LogP contribution in [0, 0.1) is 3.95 Å². The Morgan fingerprint density at radius 2 is 1.96 bits per heavy atom. The molecule has 128 valence electrons. The molecule has 0 spiro atoms. The van der Waals surface area contributed by atoms with Gasteiger partial charge in [-0.05, 0) is 36.3 Å². The van der Waals surface area contributed by atoms with Gasteiger partial charge in [0.2, 0.25) is 5.82 Å². The van der Waals surface area contributed by atoms with Crippen molar-refractivity contribution >= 4 is 39.5 Å². The minimum atomic E-state index is 0.541. The molecule has 0 radical (unpaired) electrons. The lowest BCUT2D eigenvalue weighted by atomic mass is 10.1. The number of fused-ring (bicyclic) bond motifs is 3. The topological polar surface area (TPSA) is 61.1 Å². The molecule has 8 heteroatoms. The van der Waals surface area contributed by atoms with Gasteiger partial charge >= 0.3 is 0 Å². The second-order valence-electron chi connectivity index (χ2n) is 5.83. The van der Waals surface area contributed by atoms with Crippen LogP contribution in [-0.2, 0) is 13.0 Å². The van der Waals surface area contributed by atoms with Crippen LogP contribution < -0.4 is 0 Å². The maximum absolute atomic E-state index is 5.58. The van der Waals surface area contributed by atoms with E-state index in [0.29, 0.717) is 11.6 Å². The molecule has 1 aromatic carbocycles. The molecule has 0 aliphatic rings. The first kappa shape index (κ1) is 15.4. The highest BCUT2D eigenvalue weighted by Gasteiger charge is 2.15. The van der Waals surface area contributed by atoms with Gasteiger partial charge in [0.1, 0.15) is 11.0 Å². The van der Waals surface area contributed by atoms with Crippen molar-refractivity contribution in [3.63, 3.8) is 0 Å². The number of aryl methyl sites for hydroxylation is 2. The molecule has 0 saturated heterocycles. The summed E-state index contributed by atoms with van der Waals surface area (Å²) in [5.74, 6) is 1.17. The number of nitrogens with zero attached hydrogens (tertiary/aromatic N) is 5. The van der Waals surface area contributed by atoms with Crippen molar-refractivity contribution in [2.75, 3.05) is 0 Å². The van der Waals surface area contributed by atoms with Crippen molar-refractivity contribution in [1.29, 1.82) is 0 Å². The van der Waals surface area contributed by atoms with Gasteiger partial charge in [-0.2, -0.15) is 0 Å². The molecule has 0 amide bonds. The highest BCUT2D eigenvalue weighted by atomic mass is 32.1. The minimum absolute atomic E-state index is 0.541. The maximum atomic E-state index is 5.58. The summed E-state index contributed by atoms with van der Waals surface area (Å²) in [6, 6.07) is 14.0. The van der Waals surface area contributed by atoms with Crippen LogP contribution in [0.3, 0.4) is 0 Å². The highest BCUT2D eigenvalue weighted by Crippen LogP contribution is 2.27. The number of benzene rings is 1. The quantitative estimate of drug-likeness (QED) is 0.434. The molecule has 6 nitrogen and oxygen atoms in total. The molecular weight excluding hydrogens is 366 g/mol. The molecule has 0 unspecified atom stereocenters. The lowest BCUT2D eigenvalue weighted by Gasteiger charge is -2.04. The van der Waals surface area contributed by atoms with Gasteiger partial charge in [0.15, 0.2) is 21.0 Å². The van der Waals surface area contributed by atoms with Crippen molar-refractivity contribution < 1.29 is 4.42 Å². The van der Waals surface area contributed by atoms with Gasteiger partial charge in [0.05, 0.1) is 6.26 Å². The van der Waals surface area contributed by atoms with Crippen LogP contribution >= 0.6 is 23.6 Å². The van der Waals surface area contributed by atoms with E-state index in [9.17, 15) is 0 Å². The third-order valence-electron chi connectivity index (χ3n) is 4.20. The zero-order valence-corrected chi connectivity index (χ0v) is 15.2. The molecular formula is C18H13N5OS2. The zero-order chi connectivity index (χ0) is 17.5. The van der Waals surface area contributed by atoms with Gasteiger partial charge < -0.3 is 8.98 Å². The van der Waals surface area contributed by atoms with E-state index in [-0.39, 0.29) is 0 Å². The molecule has 26 heavy (non-hydrogen) atoms. The average Bonchev–Trinajstić information content (AvgIpc) is 3.38. The number of hydrogen-bond acceptors (Lipinski definition) is 6. The Hall–Kier alpha value is -2.84. The molecule has 0 aliphatic carbocycles. The summed E-state index contributed by atoms with van der Waals surface area (Å²) < 4.78 is 10.9. The predicted molar refractivity (Wildman–Crippen MR) is 103 cm³/mol. The van der Waals surface area contributed by atoms with E-state index < -0.39 is 0 Å². The Morgan fingerprint density at radius 3 is 2.77 bits per heavy atom. The van der Waals surface area contributed by atoms with Gasteiger partial charge in [-0.1, -0.05) is 41.7 Å². The van der Waals surface area contributed by atoms with Crippen molar-refractivity contribution in [2.45, 2.75) is 13.0 Å². The van der Waals surface area contributed by atoms with E-state index in [1.807, 2.05) is 18.2 Å². The molecule has 5 aromatic rings. The Kier molecular flexibility index (Phi) is 3.65. The molecule has 0 fully saturated rings. The van der Waals surface area contributed by atoms with Gasteiger partial charge in [0.25, 0.3) is 0 Å². The van der Waals surface area contributed by atoms with Crippen LogP contribution in [0.25, 0.3) is 27.6 Å². The SMILES string of the molecule is S=c1sc2c(ncn3nc(-c4ccco4)nc23)n1CCc1ccccc1. The number of thiazole rings is 1. The fourth-order valence-corrected chi connectivity index (χ4v) is 4.31. The molecule has 5 rings (SSSR count). The second-order valence-corrected chi connectivity index (χ2v) is 7.48. The average molecular weight is 379 g/mol. The monoisotopic (exact) mass is 379 g/mol. The maximum Gasteiger partial charge on any atom is 0.218 e. The number of rotatable bonds is 4. The fourth-order valence-electron chi connectivity index (χ4n) is 2.93. The van der Waals surface area contributed by atoms with Crippen molar-refractivity contribution in [3.8, 4) is 11.6 Å². The number of furan rings is 1. The van der Waals surface area contributed by atoms with Crippen molar-refractivity contribution in [1.82, 2.24) is 24.1 Å². The third-order valence-corrected chi connectivity index (χ3v) is 5.64. The normalized spacial score (nSPS) is 11.5. The summed E-state index contributed by atoms with van der Waals surface area (Å²) in [5, 5.41) is 4.45. The van der Waals surface area contributed by atoms with Crippen molar-refractivity contribution in [2.24, 2.45) is 0 Å². The summed E-state index contributed by atoms with van der Waals surface area (Å²) in [4.78, 5) is 9.20. The largest absolute Gasteiger partial charge is 0.461 e. The lowest BCUT2D eigenvalue weighted by molar-refractivity contribution is 0.577. The summed E-state index contributed by atoms with van der Waals surface area (Å²) in [6.45, 7) is 0.783. The van der Waals surface area contributed by atoms with E-state index in [2.05, 4.69) is 43.9 Å². The standard InChI is InChI=1S/C18H13N5OS2/c25-18-22(9-8-12-5-2-1-3-6-12)16-14(26-18)17-20-15(13-7-4-10-24-13)21-23(17)11-19-16/h1-7,10-11H,8-9H2. The molecule has 0 atom stereocenters. The first-order valence-electron chi connectivity index (χ1n) is 8.12. The smallest absolute Gasteiger partial charge is 0.218 e. The molecule has 4 heterocycles. The van der Waals surface area contributed by atoms with E-state index >= 15 is 0 Å². The summed E-state index contributed by atoms with van der Waals surface area (Å²) in [7, 11) is 0. The van der Waals surface area contributed by atoms with Crippen LogP contribution in [0.4, 0.5) is 0 Å². The predicted octanol–water partition coefficient (Wildman–Crippen LogP) is 4.37. The van der Waals surface area contributed by atoms with E-state index in [0.717, 1.165) is 32.9 Å². The van der Waals surface area contributed by atoms with Gasteiger partial charge in [-0.15, -0.1) is 5.10 Å². The number of hydrogen-bond donors (Lipinski definition) is 0. The molecule has 0 N–H and O–H groups in total. The van der Waals surface area contributed by atoms with E-state index in [4.69, 9.17) is 16.6 Å². The van der Waals surface area contributed by atoms with Crippen LogP contribution in [0.15, 0.2) is 59.5 Å². The van der Waals surface area contributed by atoms with Gasteiger partial charge in [-0.25, -0.2) is 14.5 Å². The molecule has 0 aliphatic heterocycles. The van der Waals surface area contributed by atoms with Crippen LogP contribution in [0.5, 0.6) is 0 Å². The Morgan fingerprint density at radius 1 is 1.08 bits per heavy atom. The highest BCUT2D eigenvalue weighted by molar-refractivity contribution is 7.73. The van der Waals surface area contributed by atoms with Crippen LogP contribution in [0.2, 0.25) is 0 Å². The Balaban J connectivity index is 1.59. The summed E-state index contributed by atoms with van der Waals surface area (Å²) in [5.41, 5.74) is 2.87. The fraction of sp³-hybridized carbons (Fsp3) is 0.111. The van der Waals surface area contributed by atoms with E-state index in [1.54, 1.807) is 17.1 Å². The van der Waals surface area contributed by atoms with Gasteiger partial charge in [-0.3, -0.25) is 0 Å². The summed E-state index contributed by atoms with van der Waals surface area (Å²) >= 11 is 7.10. The first-order chi connectivity index (χ1) is 12.8. The zero-order valence-electron chi connectivity index (χ0n) is 13.6. The van der Waals surface area contributed by atoms with Gasteiger partial charge in [0, 0.05) is 6.54 Å². The van der Waals surface area contributed by atoms with Crippen LogP contribution in [0.1, 0.15) is 5.56 Å². The minimum Gasteiger partial charge on any atom is -0.461 e. The lowest BCUT2D eigenvalue weighted by Crippen LogP contribution is -2.03. The molecule has 0 saturated carbocycles. The second kappa shape index (κ2) is 6.15. The van der Waals surface area contributed by atoms with E-state index in [1.165, 1.54) is 16.9 Å². The molecule has 0 bridgehead atoms.